The van der Waals surface area contributed by atoms with E-state index in [1.54, 1.807) is 12.1 Å². The van der Waals surface area contributed by atoms with Gasteiger partial charge in [0.05, 0.1) is 5.56 Å². The second kappa shape index (κ2) is 7.83. The lowest BCUT2D eigenvalue weighted by molar-refractivity contribution is 0.00689. The molecule has 134 valence electrons. The van der Waals surface area contributed by atoms with Crippen LogP contribution in [0.2, 0.25) is 0 Å². The van der Waals surface area contributed by atoms with Crippen LogP contribution >= 0.6 is 0 Å². The number of rotatable bonds is 7. The van der Waals surface area contributed by atoms with Crippen molar-refractivity contribution in [2.24, 2.45) is 0 Å². The van der Waals surface area contributed by atoms with Crippen LogP contribution in [0.1, 0.15) is 50.4 Å². The first-order valence-electron chi connectivity index (χ1n) is 8.52. The van der Waals surface area contributed by atoms with Crippen LogP contribution in [0.4, 0.5) is 5.82 Å². The standard InChI is InChI=1S/C18H29N3O3/c1-18(2,3)24-17(22)13-11-15(19-14-7-6-8-14)20-16(12-13)23-10-9-21(4)5/h11-12,14H,6-10H2,1-5H3,(H,19,20). The third kappa shape index (κ3) is 6.00. The van der Waals surface area contributed by atoms with Gasteiger partial charge in [0, 0.05) is 18.7 Å². The van der Waals surface area contributed by atoms with E-state index in [1.165, 1.54) is 6.42 Å². The topological polar surface area (TPSA) is 63.7 Å². The number of carbonyl (C=O) groups is 1. The summed E-state index contributed by atoms with van der Waals surface area (Å²) in [5.74, 6) is 0.754. The molecule has 0 bridgehead atoms. The minimum Gasteiger partial charge on any atom is -0.476 e. The van der Waals surface area contributed by atoms with Crippen molar-refractivity contribution in [3.05, 3.63) is 17.7 Å². The summed E-state index contributed by atoms with van der Waals surface area (Å²) in [7, 11) is 3.97. The van der Waals surface area contributed by atoms with Crippen molar-refractivity contribution in [2.45, 2.75) is 51.7 Å². The molecule has 1 N–H and O–H groups in total. The Kier molecular flexibility index (Phi) is 6.04. The third-order valence-electron chi connectivity index (χ3n) is 3.68. The summed E-state index contributed by atoms with van der Waals surface area (Å²) in [6, 6.07) is 3.82. The van der Waals surface area contributed by atoms with Gasteiger partial charge in [-0.05, 0) is 60.2 Å². The van der Waals surface area contributed by atoms with Gasteiger partial charge in [-0.3, -0.25) is 0 Å². The molecule has 0 atom stereocenters. The minimum atomic E-state index is -0.534. The molecule has 6 heteroatoms. The smallest absolute Gasteiger partial charge is 0.338 e. The molecule has 0 spiro atoms. The summed E-state index contributed by atoms with van der Waals surface area (Å²) in [6.45, 7) is 6.86. The predicted molar refractivity (Wildman–Crippen MR) is 94.7 cm³/mol. The van der Waals surface area contributed by atoms with Crippen LogP contribution in [0, 0.1) is 0 Å². The van der Waals surface area contributed by atoms with E-state index in [-0.39, 0.29) is 5.97 Å². The molecule has 1 saturated carbocycles. The van der Waals surface area contributed by atoms with Crippen molar-refractivity contribution in [1.82, 2.24) is 9.88 Å². The normalized spacial score (nSPS) is 15.1. The molecule has 6 nitrogen and oxygen atoms in total. The number of carbonyl (C=O) groups excluding carboxylic acids is 1. The molecule has 1 heterocycles. The average molecular weight is 335 g/mol. The van der Waals surface area contributed by atoms with Crippen molar-refractivity contribution in [3.63, 3.8) is 0 Å². The van der Waals surface area contributed by atoms with Gasteiger partial charge in [0.15, 0.2) is 0 Å². The van der Waals surface area contributed by atoms with Gasteiger partial charge >= 0.3 is 5.97 Å². The van der Waals surface area contributed by atoms with Gasteiger partial charge in [0.25, 0.3) is 0 Å². The Hall–Kier alpha value is -1.82. The van der Waals surface area contributed by atoms with E-state index >= 15 is 0 Å². The number of nitrogens with one attached hydrogen (secondary N) is 1. The number of esters is 1. The van der Waals surface area contributed by atoms with Crippen molar-refractivity contribution >= 4 is 11.8 Å². The summed E-state index contributed by atoms with van der Waals surface area (Å²) < 4.78 is 11.2. The Bertz CT molecular complexity index is 563. The van der Waals surface area contributed by atoms with Crippen molar-refractivity contribution in [1.29, 1.82) is 0 Å². The summed E-state index contributed by atoms with van der Waals surface area (Å²) in [6.07, 6.45) is 3.50. The number of aromatic nitrogens is 1. The molecule has 2 rings (SSSR count). The summed E-state index contributed by atoms with van der Waals surface area (Å²) in [4.78, 5) is 18.9. The zero-order valence-electron chi connectivity index (χ0n) is 15.4. The van der Waals surface area contributed by atoms with E-state index in [1.807, 2.05) is 39.8 Å². The Morgan fingerprint density at radius 3 is 2.58 bits per heavy atom. The van der Waals surface area contributed by atoms with Gasteiger partial charge in [-0.25, -0.2) is 4.79 Å². The largest absolute Gasteiger partial charge is 0.476 e. The number of ether oxygens (including phenoxy) is 2. The molecule has 1 aromatic rings. The molecule has 0 saturated heterocycles. The molecule has 0 unspecified atom stereocenters. The highest BCUT2D eigenvalue weighted by Gasteiger charge is 2.22. The lowest BCUT2D eigenvalue weighted by Gasteiger charge is -2.27. The summed E-state index contributed by atoms with van der Waals surface area (Å²) in [5.41, 5.74) is -0.0741. The zero-order chi connectivity index (χ0) is 17.7. The second-order valence-electron chi connectivity index (χ2n) is 7.51. The van der Waals surface area contributed by atoms with Crippen molar-refractivity contribution in [2.75, 3.05) is 32.6 Å². The molecule has 0 aromatic carbocycles. The highest BCUT2D eigenvalue weighted by atomic mass is 16.6. The molecule has 1 fully saturated rings. The van der Waals surface area contributed by atoms with Gasteiger partial charge in [-0.15, -0.1) is 0 Å². The van der Waals surface area contributed by atoms with Crippen LogP contribution in [0.15, 0.2) is 12.1 Å². The number of pyridine rings is 1. The molecule has 24 heavy (non-hydrogen) atoms. The number of likely N-dealkylation sites (N-methyl/N-ethyl adjacent to an activating group) is 1. The first-order valence-corrected chi connectivity index (χ1v) is 8.52. The van der Waals surface area contributed by atoms with Crippen LogP contribution in [0.25, 0.3) is 0 Å². The molecular formula is C18H29N3O3. The van der Waals surface area contributed by atoms with E-state index in [0.29, 0.717) is 29.9 Å². The fourth-order valence-corrected chi connectivity index (χ4v) is 2.20. The Balaban J connectivity index is 2.13. The fourth-order valence-electron chi connectivity index (χ4n) is 2.20. The predicted octanol–water partition coefficient (Wildman–Crippen LogP) is 2.94. The Labute approximate surface area is 144 Å². The van der Waals surface area contributed by atoms with Crippen molar-refractivity contribution < 1.29 is 14.3 Å². The molecule has 1 aliphatic carbocycles. The first kappa shape index (κ1) is 18.5. The van der Waals surface area contributed by atoms with E-state index in [9.17, 15) is 4.79 Å². The van der Waals surface area contributed by atoms with Crippen LogP contribution in [0.5, 0.6) is 5.88 Å². The molecule has 0 amide bonds. The highest BCUT2D eigenvalue weighted by molar-refractivity contribution is 5.90. The van der Waals surface area contributed by atoms with E-state index in [4.69, 9.17) is 9.47 Å². The van der Waals surface area contributed by atoms with Gasteiger partial charge in [-0.1, -0.05) is 0 Å². The van der Waals surface area contributed by atoms with Crippen LogP contribution in [0.3, 0.4) is 0 Å². The molecule has 1 aliphatic rings. The molecule has 0 aliphatic heterocycles. The number of anilines is 1. The van der Waals surface area contributed by atoms with E-state index in [2.05, 4.69) is 10.3 Å². The van der Waals surface area contributed by atoms with E-state index < -0.39 is 5.60 Å². The Morgan fingerprint density at radius 1 is 1.33 bits per heavy atom. The maximum absolute atomic E-state index is 12.4. The van der Waals surface area contributed by atoms with Crippen LogP contribution in [-0.4, -0.2) is 54.7 Å². The maximum Gasteiger partial charge on any atom is 0.338 e. The van der Waals surface area contributed by atoms with Crippen molar-refractivity contribution in [3.8, 4) is 5.88 Å². The van der Waals surface area contributed by atoms with Gasteiger partial charge < -0.3 is 19.7 Å². The van der Waals surface area contributed by atoms with Gasteiger partial charge in [0.2, 0.25) is 5.88 Å². The van der Waals surface area contributed by atoms with E-state index in [0.717, 1.165) is 19.4 Å². The highest BCUT2D eigenvalue weighted by Crippen LogP contribution is 2.25. The maximum atomic E-state index is 12.4. The lowest BCUT2D eigenvalue weighted by Crippen LogP contribution is -2.28. The molecule has 1 aromatic heterocycles. The van der Waals surface area contributed by atoms with Gasteiger partial charge in [0.1, 0.15) is 18.0 Å². The summed E-state index contributed by atoms with van der Waals surface area (Å²) >= 11 is 0. The molecule has 0 radical (unpaired) electrons. The minimum absolute atomic E-state index is 0.362. The number of hydrogen-bond donors (Lipinski definition) is 1. The zero-order valence-corrected chi connectivity index (χ0v) is 15.4. The lowest BCUT2D eigenvalue weighted by atomic mass is 9.93. The van der Waals surface area contributed by atoms with Crippen LogP contribution < -0.4 is 10.1 Å². The average Bonchev–Trinajstić information content (AvgIpc) is 2.40. The monoisotopic (exact) mass is 335 g/mol. The second-order valence-corrected chi connectivity index (χ2v) is 7.51. The van der Waals surface area contributed by atoms with Crippen LogP contribution in [-0.2, 0) is 4.74 Å². The third-order valence-corrected chi connectivity index (χ3v) is 3.68. The quantitative estimate of drug-likeness (QED) is 0.773. The Morgan fingerprint density at radius 2 is 2.04 bits per heavy atom. The first-order chi connectivity index (χ1) is 11.2. The van der Waals surface area contributed by atoms with Gasteiger partial charge in [-0.2, -0.15) is 4.98 Å². The number of nitrogens with zero attached hydrogens (tertiary/aromatic N) is 2. The fraction of sp³-hybridized carbons (Fsp3) is 0.667. The number of hydrogen-bond acceptors (Lipinski definition) is 6. The SMILES string of the molecule is CN(C)CCOc1cc(C(=O)OC(C)(C)C)cc(NC2CCC2)n1. The summed E-state index contributed by atoms with van der Waals surface area (Å²) in [5, 5.41) is 3.37. The molecular weight excluding hydrogens is 306 g/mol.